The fraction of sp³-hybridized carbons (Fsp3) is 0. The summed E-state index contributed by atoms with van der Waals surface area (Å²) in [6, 6.07) is 61.0. The summed E-state index contributed by atoms with van der Waals surface area (Å²) in [5, 5.41) is 5.70. The van der Waals surface area contributed by atoms with Crippen LogP contribution in [0.2, 0.25) is 0 Å². The van der Waals surface area contributed by atoms with E-state index in [9.17, 15) is 0 Å². The van der Waals surface area contributed by atoms with Crippen LogP contribution in [0.1, 0.15) is 0 Å². The van der Waals surface area contributed by atoms with Crippen LogP contribution in [0.15, 0.2) is 182 Å². The molecule has 0 spiro atoms. The van der Waals surface area contributed by atoms with Crippen molar-refractivity contribution >= 4 is 88.2 Å². The first-order chi connectivity index (χ1) is 23.2. The summed E-state index contributed by atoms with van der Waals surface area (Å²) in [5.41, 5.74) is 0. The summed E-state index contributed by atoms with van der Waals surface area (Å²) < 4.78 is 44.9. The van der Waals surface area contributed by atoms with Crippen molar-refractivity contribution in [3.8, 4) is 0 Å². The van der Waals surface area contributed by atoms with Gasteiger partial charge in [0.15, 0.2) is 0 Å². The number of hydrogen-bond acceptors (Lipinski definition) is 6. The van der Waals surface area contributed by atoms with Crippen LogP contribution >= 0.6 is 0 Å². The van der Waals surface area contributed by atoms with Crippen molar-refractivity contribution in [3.05, 3.63) is 182 Å². The predicted molar refractivity (Wildman–Crippen MR) is 192 cm³/mol. The van der Waals surface area contributed by atoms with Gasteiger partial charge in [-0.15, -0.1) is 0 Å². The first-order valence-corrected chi connectivity index (χ1v) is 25.3. The van der Waals surface area contributed by atoms with Crippen molar-refractivity contribution in [2.24, 2.45) is 0 Å². The van der Waals surface area contributed by atoms with Crippen LogP contribution < -0.4 is 31.1 Å². The van der Waals surface area contributed by atoms with Crippen LogP contribution in [-0.4, -0.2) is 57.0 Å². The van der Waals surface area contributed by atoms with Crippen molar-refractivity contribution in [1.82, 2.24) is 0 Å². The third kappa shape index (κ3) is 5.82. The minimum atomic E-state index is -3.47. The number of rotatable bonds is 6. The Morgan fingerprint density at radius 3 is 0.532 bits per heavy atom. The van der Waals surface area contributed by atoms with E-state index < -0.39 is 57.0 Å². The third-order valence-corrected chi connectivity index (χ3v) is 32.5. The molecule has 232 valence electrons. The Balaban J connectivity index is 1.38. The maximum atomic E-state index is 7.48. The van der Waals surface area contributed by atoms with Gasteiger partial charge in [0.05, 0.1) is 0 Å². The molecule has 47 heavy (non-hydrogen) atoms. The van der Waals surface area contributed by atoms with Crippen molar-refractivity contribution in [1.29, 1.82) is 0 Å². The summed E-state index contributed by atoms with van der Waals surface area (Å²) in [6.07, 6.45) is 0. The van der Waals surface area contributed by atoms with Crippen molar-refractivity contribution in [3.63, 3.8) is 0 Å². The molecule has 3 fully saturated rings. The number of fused-ring (bicyclic) bond motifs is 6. The maximum absolute atomic E-state index is 7.48. The zero-order valence-corrected chi connectivity index (χ0v) is 31.9. The van der Waals surface area contributed by atoms with Crippen LogP contribution in [0.4, 0.5) is 0 Å². The molecule has 0 N–H and O–H groups in total. The van der Waals surface area contributed by atoms with Crippen LogP contribution in [0.5, 0.6) is 0 Å². The van der Waals surface area contributed by atoms with Gasteiger partial charge in [0.25, 0.3) is 0 Å². The standard InChI is InChI=1S/C36H30As2O6Si3/c1-7-19-31(20-8-1)45(32-21-9-2-10-22-32)39-37-41-46(33-23-11-3-12-24-33,34-25-13-4-14-26-34)42-38(40-45)44-47(43-37,35-27-15-5-16-28-35)36-29-17-6-18-30-36/h1-30H. The molecule has 6 nitrogen and oxygen atoms in total. The van der Waals surface area contributed by atoms with Crippen LogP contribution in [0.3, 0.4) is 0 Å². The second kappa shape index (κ2) is 13.4. The first-order valence-electron chi connectivity index (χ1n) is 15.3. The molecule has 0 saturated carbocycles. The van der Waals surface area contributed by atoms with Gasteiger partial charge in [-0.05, 0) is 0 Å². The molecular formula is C36H30As2O6Si3. The van der Waals surface area contributed by atoms with Gasteiger partial charge in [-0.1, -0.05) is 0 Å². The van der Waals surface area contributed by atoms with Crippen molar-refractivity contribution < 1.29 is 20.5 Å². The fourth-order valence-corrected chi connectivity index (χ4v) is 38.2. The van der Waals surface area contributed by atoms with Crippen LogP contribution in [0.25, 0.3) is 0 Å². The van der Waals surface area contributed by atoms with E-state index in [4.69, 9.17) is 20.5 Å². The van der Waals surface area contributed by atoms with Crippen LogP contribution in [-0.2, 0) is 20.5 Å². The quantitative estimate of drug-likeness (QED) is 0.242. The topological polar surface area (TPSA) is 55.4 Å². The van der Waals surface area contributed by atoms with Gasteiger partial charge in [0.1, 0.15) is 0 Å². The van der Waals surface area contributed by atoms with E-state index in [1.165, 1.54) is 0 Å². The summed E-state index contributed by atoms with van der Waals surface area (Å²) in [7, 11) is -10.4. The van der Waals surface area contributed by atoms with Gasteiger partial charge in [-0.2, -0.15) is 0 Å². The SMILES string of the molecule is c1ccc([Si]2(c3ccccc3)O[As]3O[Si](c4ccccc4)(c4ccccc4)O[As](O2)O[Si](c2ccccc2)(c2ccccc2)O3)cc1. The molecule has 9 rings (SSSR count). The van der Waals surface area contributed by atoms with E-state index in [0.29, 0.717) is 0 Å². The first kappa shape index (κ1) is 31.1. The van der Waals surface area contributed by atoms with Gasteiger partial charge in [0, 0.05) is 0 Å². The molecular weight excluding hydrogens is 762 g/mol. The fourth-order valence-electron chi connectivity index (χ4n) is 5.87. The van der Waals surface area contributed by atoms with Gasteiger partial charge in [-0.3, -0.25) is 0 Å². The zero-order chi connectivity index (χ0) is 31.6. The third-order valence-electron chi connectivity index (χ3n) is 8.14. The van der Waals surface area contributed by atoms with E-state index >= 15 is 0 Å². The van der Waals surface area contributed by atoms with E-state index in [2.05, 4.69) is 72.8 Å². The molecule has 3 saturated heterocycles. The molecule has 0 aromatic heterocycles. The van der Waals surface area contributed by atoms with Crippen molar-refractivity contribution in [2.45, 2.75) is 0 Å². The zero-order valence-electron chi connectivity index (χ0n) is 25.2. The summed E-state index contributed by atoms with van der Waals surface area (Å²) >= 11 is -6.65. The summed E-state index contributed by atoms with van der Waals surface area (Å²) in [6.45, 7) is 0. The molecule has 0 atom stereocenters. The van der Waals surface area contributed by atoms with Crippen molar-refractivity contribution in [2.75, 3.05) is 0 Å². The molecule has 0 radical (unpaired) electrons. The van der Waals surface area contributed by atoms with Gasteiger partial charge >= 0.3 is 291 Å². The molecule has 6 aromatic rings. The minimum absolute atomic E-state index is 0.950. The number of benzene rings is 6. The molecule has 2 bridgehead atoms. The number of hydrogen-bond donors (Lipinski definition) is 0. The second-order valence-corrected chi connectivity index (χ2v) is 28.1. The Bertz CT molecular complexity index is 1550. The monoisotopic (exact) mass is 792 g/mol. The molecule has 6 aromatic carbocycles. The molecule has 11 heteroatoms. The molecule has 3 aliphatic heterocycles. The second-order valence-electron chi connectivity index (χ2n) is 11.0. The van der Waals surface area contributed by atoms with E-state index in [1.54, 1.807) is 0 Å². The molecule has 0 amide bonds. The van der Waals surface area contributed by atoms with Gasteiger partial charge < -0.3 is 0 Å². The van der Waals surface area contributed by atoms with E-state index in [0.717, 1.165) is 31.1 Å². The Kier molecular flexibility index (Phi) is 8.87. The Hall–Kier alpha value is -3.15. The average Bonchev–Trinajstić information content (AvgIpc) is 3.14. The van der Waals surface area contributed by atoms with Gasteiger partial charge in [0.2, 0.25) is 0 Å². The molecule has 0 unspecified atom stereocenters. The predicted octanol–water partition coefficient (Wildman–Crippen LogP) is 2.85. The van der Waals surface area contributed by atoms with E-state index in [-0.39, 0.29) is 0 Å². The Labute approximate surface area is 288 Å². The van der Waals surface area contributed by atoms with E-state index in [1.807, 2.05) is 109 Å². The molecule has 3 heterocycles. The average molecular weight is 793 g/mol. The Morgan fingerprint density at radius 2 is 0.383 bits per heavy atom. The molecule has 3 aliphatic rings. The van der Waals surface area contributed by atoms with Crippen LogP contribution in [0, 0.1) is 0 Å². The summed E-state index contributed by atoms with van der Waals surface area (Å²) in [4.78, 5) is 0. The normalized spacial score (nSPS) is 21.2. The summed E-state index contributed by atoms with van der Waals surface area (Å²) in [5.74, 6) is 0. The van der Waals surface area contributed by atoms with Gasteiger partial charge in [-0.25, -0.2) is 0 Å². The Morgan fingerprint density at radius 1 is 0.234 bits per heavy atom. The molecule has 0 aliphatic carbocycles.